The molecule has 1 aliphatic rings. The standard InChI is InChI=1S/C13H19.3ClH.Ti/c1-4-11-9(2)10(3)12-7-5-6-8-13(11)12;;;;/h4-8H2,1-3H3;3*1H;/q-1;;;;+4/p-3. The molecule has 0 aromatic heterocycles. The quantitative estimate of drug-likeness (QED) is 0.356. The molecule has 0 bridgehead atoms. The van der Waals surface area contributed by atoms with E-state index in [0.717, 1.165) is 0 Å². The number of hydrogen-bond donors (Lipinski definition) is 0. The van der Waals surface area contributed by atoms with Gasteiger partial charge in [0.1, 0.15) is 0 Å². The Morgan fingerprint density at radius 2 is 1.53 bits per heavy atom. The van der Waals surface area contributed by atoms with E-state index in [-0.39, 0.29) is 58.9 Å². The average Bonchev–Trinajstić information content (AvgIpc) is 2.41. The summed E-state index contributed by atoms with van der Waals surface area (Å²) in [6, 6.07) is 0. The molecule has 0 amide bonds. The summed E-state index contributed by atoms with van der Waals surface area (Å²) < 4.78 is 0. The zero-order valence-corrected chi connectivity index (χ0v) is 14.5. The third kappa shape index (κ3) is 4.22. The zero-order valence-electron chi connectivity index (χ0n) is 10.7. The first-order chi connectivity index (χ1) is 6.25. The van der Waals surface area contributed by atoms with Crippen LogP contribution in [0.4, 0.5) is 0 Å². The predicted molar refractivity (Wildman–Crippen MR) is 57.5 cm³/mol. The van der Waals surface area contributed by atoms with Crippen molar-refractivity contribution >= 4 is 0 Å². The minimum Gasteiger partial charge on any atom is -1.00 e. The van der Waals surface area contributed by atoms with Crippen LogP contribution in [0.15, 0.2) is 0 Å². The third-order valence-electron chi connectivity index (χ3n) is 3.65. The van der Waals surface area contributed by atoms with Gasteiger partial charge in [0, 0.05) is 0 Å². The second-order valence-electron chi connectivity index (χ2n) is 4.25. The van der Waals surface area contributed by atoms with Crippen LogP contribution in [0.2, 0.25) is 0 Å². The summed E-state index contributed by atoms with van der Waals surface area (Å²) in [4.78, 5) is 0. The molecule has 0 radical (unpaired) electrons. The maximum Gasteiger partial charge on any atom is 4.00 e. The van der Waals surface area contributed by atoms with E-state index >= 15 is 0 Å². The molecule has 1 aromatic carbocycles. The van der Waals surface area contributed by atoms with Crippen LogP contribution < -0.4 is 37.2 Å². The molecule has 17 heavy (non-hydrogen) atoms. The Balaban J connectivity index is -0.000000490. The van der Waals surface area contributed by atoms with Gasteiger partial charge in [-0.2, -0.15) is 27.8 Å². The summed E-state index contributed by atoms with van der Waals surface area (Å²) >= 11 is 0. The summed E-state index contributed by atoms with van der Waals surface area (Å²) in [6.07, 6.45) is 6.71. The second kappa shape index (κ2) is 9.81. The van der Waals surface area contributed by atoms with Crippen molar-refractivity contribution in [3.8, 4) is 0 Å². The minimum absolute atomic E-state index is 0. The molecular formula is C13H19Cl3Ti. The Morgan fingerprint density at radius 3 is 2.06 bits per heavy atom. The SMILES string of the molecule is CC[c-]1c(C)c(C)c2c1CCCC2.[Cl-].[Cl-].[Cl-].[Ti+4]. The van der Waals surface area contributed by atoms with Crippen LogP contribution in [0, 0.1) is 13.8 Å². The molecule has 0 saturated heterocycles. The zero-order chi connectivity index (χ0) is 9.42. The second-order valence-corrected chi connectivity index (χ2v) is 4.25. The molecule has 1 aromatic rings. The van der Waals surface area contributed by atoms with Crippen molar-refractivity contribution in [2.45, 2.75) is 52.9 Å². The van der Waals surface area contributed by atoms with Gasteiger partial charge in [0.05, 0.1) is 0 Å². The summed E-state index contributed by atoms with van der Waals surface area (Å²) in [5, 5.41) is 0. The summed E-state index contributed by atoms with van der Waals surface area (Å²) in [7, 11) is 0. The van der Waals surface area contributed by atoms with Crippen LogP contribution in [-0.4, -0.2) is 0 Å². The molecule has 0 N–H and O–H groups in total. The van der Waals surface area contributed by atoms with Crippen molar-refractivity contribution < 1.29 is 58.9 Å². The maximum atomic E-state index is 2.30. The Labute approximate surface area is 139 Å². The molecular weight excluding hydrogens is 310 g/mol. The molecule has 0 nitrogen and oxygen atoms in total. The van der Waals surface area contributed by atoms with Crippen molar-refractivity contribution in [3.63, 3.8) is 0 Å². The van der Waals surface area contributed by atoms with Crippen molar-refractivity contribution in [1.82, 2.24) is 0 Å². The Kier molecular flexibility index (Phi) is 13.3. The van der Waals surface area contributed by atoms with Gasteiger partial charge in [-0.3, -0.25) is 0 Å². The fourth-order valence-electron chi connectivity index (χ4n) is 2.81. The molecule has 0 fully saturated rings. The largest absolute Gasteiger partial charge is 4.00 e. The van der Waals surface area contributed by atoms with Gasteiger partial charge in [-0.25, -0.2) is 0 Å². The van der Waals surface area contributed by atoms with Gasteiger partial charge >= 0.3 is 21.7 Å². The van der Waals surface area contributed by atoms with Crippen LogP contribution in [0.1, 0.15) is 47.6 Å². The topological polar surface area (TPSA) is 0 Å². The molecule has 0 atom stereocenters. The molecule has 0 heterocycles. The molecule has 0 spiro atoms. The number of rotatable bonds is 1. The average molecular weight is 330 g/mol. The van der Waals surface area contributed by atoms with Crippen molar-refractivity contribution in [3.05, 3.63) is 27.8 Å². The van der Waals surface area contributed by atoms with Crippen LogP contribution >= 0.6 is 0 Å². The van der Waals surface area contributed by atoms with Gasteiger partial charge < -0.3 is 37.2 Å². The summed E-state index contributed by atoms with van der Waals surface area (Å²) in [6.45, 7) is 6.89. The predicted octanol–water partition coefficient (Wildman–Crippen LogP) is -5.53. The summed E-state index contributed by atoms with van der Waals surface area (Å²) in [5.74, 6) is 0. The first-order valence-electron chi connectivity index (χ1n) is 5.52. The van der Waals surface area contributed by atoms with E-state index in [2.05, 4.69) is 20.8 Å². The van der Waals surface area contributed by atoms with E-state index in [1.54, 1.807) is 27.8 Å². The van der Waals surface area contributed by atoms with Crippen molar-refractivity contribution in [1.29, 1.82) is 0 Å². The number of halogens is 3. The molecule has 0 saturated carbocycles. The fourth-order valence-corrected chi connectivity index (χ4v) is 2.81. The molecule has 0 aliphatic heterocycles. The van der Waals surface area contributed by atoms with E-state index in [9.17, 15) is 0 Å². The van der Waals surface area contributed by atoms with Gasteiger partial charge in [-0.15, -0.1) is 0 Å². The van der Waals surface area contributed by atoms with Gasteiger partial charge in [0.2, 0.25) is 0 Å². The van der Waals surface area contributed by atoms with Gasteiger partial charge in [-0.1, -0.05) is 52.9 Å². The molecule has 0 unspecified atom stereocenters. The first kappa shape index (κ1) is 23.1. The van der Waals surface area contributed by atoms with E-state index in [1.165, 1.54) is 32.1 Å². The van der Waals surface area contributed by atoms with Gasteiger partial charge in [0.15, 0.2) is 0 Å². The van der Waals surface area contributed by atoms with E-state index < -0.39 is 0 Å². The first-order valence-corrected chi connectivity index (χ1v) is 5.52. The van der Waals surface area contributed by atoms with Crippen LogP contribution in [0.3, 0.4) is 0 Å². The minimum atomic E-state index is 0. The monoisotopic (exact) mass is 328 g/mol. The van der Waals surface area contributed by atoms with E-state index in [0.29, 0.717) is 0 Å². The fraction of sp³-hybridized carbons (Fsp3) is 0.615. The van der Waals surface area contributed by atoms with Crippen LogP contribution in [0.5, 0.6) is 0 Å². The Morgan fingerprint density at radius 1 is 1.00 bits per heavy atom. The van der Waals surface area contributed by atoms with Crippen LogP contribution in [-0.2, 0) is 41.0 Å². The molecule has 1 aliphatic carbocycles. The Hall–Kier alpha value is 0.934. The maximum absolute atomic E-state index is 2.30. The molecule has 4 heteroatoms. The smallest absolute Gasteiger partial charge is 1.00 e. The third-order valence-corrected chi connectivity index (χ3v) is 3.65. The normalized spacial score (nSPS) is 12.2. The van der Waals surface area contributed by atoms with Crippen LogP contribution in [0.25, 0.3) is 0 Å². The molecule has 96 valence electrons. The number of fused-ring (bicyclic) bond motifs is 1. The van der Waals surface area contributed by atoms with Gasteiger partial charge in [0.25, 0.3) is 0 Å². The summed E-state index contributed by atoms with van der Waals surface area (Å²) in [5.41, 5.74) is 8.23. The van der Waals surface area contributed by atoms with Crippen molar-refractivity contribution in [2.24, 2.45) is 0 Å². The number of hydrogen-bond acceptors (Lipinski definition) is 0. The van der Waals surface area contributed by atoms with E-state index in [4.69, 9.17) is 0 Å². The van der Waals surface area contributed by atoms with E-state index in [1.807, 2.05) is 0 Å². The Bertz CT molecular complexity index is 312. The van der Waals surface area contributed by atoms with Crippen molar-refractivity contribution in [2.75, 3.05) is 0 Å². The van der Waals surface area contributed by atoms with Gasteiger partial charge in [-0.05, 0) is 0 Å². The molecule has 2 rings (SSSR count).